The number of nitro groups is 1. The first-order valence-corrected chi connectivity index (χ1v) is 8.89. The molecule has 1 fully saturated rings. The first-order chi connectivity index (χ1) is 12.0. The topological polar surface area (TPSA) is 116 Å². The predicted molar refractivity (Wildman–Crippen MR) is 94.9 cm³/mol. The molecule has 3 rings (SSSR count). The van der Waals surface area contributed by atoms with Crippen LogP contribution in [0.5, 0.6) is 0 Å². The lowest BCUT2D eigenvalue weighted by Gasteiger charge is -2.18. The highest BCUT2D eigenvalue weighted by Crippen LogP contribution is 2.35. The lowest BCUT2D eigenvalue weighted by molar-refractivity contribution is -0.384. The highest BCUT2D eigenvalue weighted by atomic mass is 32.2. The molecule has 1 aliphatic heterocycles. The van der Waals surface area contributed by atoms with Crippen molar-refractivity contribution in [2.75, 3.05) is 24.2 Å². The zero-order valence-electron chi connectivity index (χ0n) is 13.5. The Hall–Kier alpha value is -2.86. The average molecular weight is 357 g/mol. The Balaban J connectivity index is 2.17. The van der Waals surface area contributed by atoms with E-state index in [2.05, 4.69) is 9.97 Å². The Labute approximate surface area is 147 Å². The number of thioether (sulfide) groups is 1. The number of aromatic amines is 1. The van der Waals surface area contributed by atoms with E-state index in [4.69, 9.17) is 0 Å². The van der Waals surface area contributed by atoms with Crippen molar-refractivity contribution in [1.82, 2.24) is 9.97 Å². The molecule has 1 aromatic heterocycles. The third-order valence-electron chi connectivity index (χ3n) is 4.10. The van der Waals surface area contributed by atoms with Gasteiger partial charge in [0.25, 0.3) is 11.2 Å². The molecule has 9 heteroatoms. The number of benzene rings is 1. The molecule has 1 aliphatic rings. The monoisotopic (exact) mass is 357 g/mol. The number of rotatable bonds is 4. The summed E-state index contributed by atoms with van der Waals surface area (Å²) in [5.74, 6) is 0. The fourth-order valence-corrected chi connectivity index (χ4v) is 3.28. The number of anilines is 1. The zero-order valence-corrected chi connectivity index (χ0v) is 14.3. The van der Waals surface area contributed by atoms with Crippen LogP contribution in [0, 0.1) is 21.4 Å². The van der Waals surface area contributed by atoms with Gasteiger partial charge in [-0.3, -0.25) is 14.9 Å². The largest absolute Gasteiger partial charge is 0.366 e. The van der Waals surface area contributed by atoms with Crippen LogP contribution in [0.25, 0.3) is 11.3 Å². The SMILES string of the molecule is CSc1nc(-c2ccc(N3CCCC3)c([N+](=O)[O-])c2)c(C#N)c(=O)[nH]1. The fourth-order valence-electron chi connectivity index (χ4n) is 2.90. The molecule has 0 saturated carbocycles. The van der Waals surface area contributed by atoms with Gasteiger partial charge in [0.1, 0.15) is 17.3 Å². The summed E-state index contributed by atoms with van der Waals surface area (Å²) in [5.41, 5.74) is 0.346. The van der Waals surface area contributed by atoms with E-state index >= 15 is 0 Å². The minimum Gasteiger partial charge on any atom is -0.366 e. The van der Waals surface area contributed by atoms with Crippen LogP contribution in [-0.4, -0.2) is 34.2 Å². The van der Waals surface area contributed by atoms with E-state index in [9.17, 15) is 20.2 Å². The fraction of sp³-hybridized carbons (Fsp3) is 0.312. The minimum atomic E-state index is -0.553. The van der Waals surface area contributed by atoms with Gasteiger partial charge in [0, 0.05) is 24.7 Å². The minimum absolute atomic E-state index is 0.0453. The maximum Gasteiger partial charge on any atom is 0.293 e. The second-order valence-corrected chi connectivity index (χ2v) is 6.36. The van der Waals surface area contributed by atoms with Crippen molar-refractivity contribution in [3.05, 3.63) is 44.2 Å². The molecule has 0 unspecified atom stereocenters. The Kier molecular flexibility index (Phi) is 4.72. The second-order valence-electron chi connectivity index (χ2n) is 5.57. The first-order valence-electron chi connectivity index (χ1n) is 7.67. The van der Waals surface area contributed by atoms with Gasteiger partial charge in [-0.2, -0.15) is 5.26 Å². The number of H-pyrrole nitrogens is 1. The number of nitro benzene ring substituents is 1. The van der Waals surface area contributed by atoms with Crippen LogP contribution in [0.3, 0.4) is 0 Å². The number of nitrogens with one attached hydrogen (secondary N) is 1. The molecule has 1 saturated heterocycles. The summed E-state index contributed by atoms with van der Waals surface area (Å²) in [6.45, 7) is 1.56. The van der Waals surface area contributed by atoms with Crippen molar-refractivity contribution in [3.8, 4) is 17.3 Å². The zero-order chi connectivity index (χ0) is 18.0. The molecule has 0 aliphatic carbocycles. The summed E-state index contributed by atoms with van der Waals surface area (Å²) in [6, 6.07) is 6.57. The molecule has 0 amide bonds. The number of hydrogen-bond donors (Lipinski definition) is 1. The third kappa shape index (κ3) is 3.21. The van der Waals surface area contributed by atoms with Gasteiger partial charge >= 0.3 is 0 Å². The van der Waals surface area contributed by atoms with Crippen LogP contribution in [0.1, 0.15) is 18.4 Å². The number of nitriles is 1. The van der Waals surface area contributed by atoms with Gasteiger partial charge in [-0.25, -0.2) is 4.98 Å². The van der Waals surface area contributed by atoms with Gasteiger partial charge in [-0.15, -0.1) is 0 Å². The smallest absolute Gasteiger partial charge is 0.293 e. The van der Waals surface area contributed by atoms with Crippen molar-refractivity contribution in [2.45, 2.75) is 18.0 Å². The van der Waals surface area contributed by atoms with E-state index < -0.39 is 10.5 Å². The van der Waals surface area contributed by atoms with Crippen LogP contribution in [0.2, 0.25) is 0 Å². The molecular weight excluding hydrogens is 342 g/mol. The van der Waals surface area contributed by atoms with Crippen LogP contribution in [0.15, 0.2) is 28.2 Å². The lowest BCUT2D eigenvalue weighted by Crippen LogP contribution is -2.19. The van der Waals surface area contributed by atoms with Crippen LogP contribution < -0.4 is 10.5 Å². The summed E-state index contributed by atoms with van der Waals surface area (Å²) >= 11 is 1.23. The molecule has 0 radical (unpaired) electrons. The Morgan fingerprint density at radius 2 is 2.12 bits per heavy atom. The van der Waals surface area contributed by atoms with E-state index in [1.807, 2.05) is 11.0 Å². The lowest BCUT2D eigenvalue weighted by atomic mass is 10.1. The summed E-state index contributed by atoms with van der Waals surface area (Å²) in [6.07, 6.45) is 3.75. The molecule has 1 N–H and O–H groups in total. The average Bonchev–Trinajstić information content (AvgIpc) is 3.14. The first kappa shape index (κ1) is 17.0. The number of aromatic nitrogens is 2. The van der Waals surface area contributed by atoms with Gasteiger partial charge in [0.05, 0.1) is 10.6 Å². The molecule has 0 bridgehead atoms. The molecule has 0 spiro atoms. The standard InChI is InChI=1S/C16H15N5O3S/c1-25-16-18-14(11(9-17)15(22)19-16)10-4-5-12(13(8-10)21(23)24)20-6-2-3-7-20/h4-5,8H,2-3,6-7H2,1H3,(H,18,19,22). The molecule has 0 atom stereocenters. The molecule has 8 nitrogen and oxygen atoms in total. The van der Waals surface area contributed by atoms with Crippen LogP contribution >= 0.6 is 11.8 Å². The van der Waals surface area contributed by atoms with Crippen molar-refractivity contribution in [3.63, 3.8) is 0 Å². The van der Waals surface area contributed by atoms with Crippen LogP contribution in [0.4, 0.5) is 11.4 Å². The molecule has 1 aromatic carbocycles. The third-order valence-corrected chi connectivity index (χ3v) is 4.68. The van der Waals surface area contributed by atoms with Gasteiger partial charge < -0.3 is 9.88 Å². The Bertz CT molecular complexity index is 928. The molecule has 25 heavy (non-hydrogen) atoms. The van der Waals surface area contributed by atoms with E-state index in [1.165, 1.54) is 17.8 Å². The number of nitrogens with zero attached hydrogens (tertiary/aromatic N) is 4. The summed E-state index contributed by atoms with van der Waals surface area (Å²) < 4.78 is 0. The van der Waals surface area contributed by atoms with E-state index in [0.717, 1.165) is 25.9 Å². The van der Waals surface area contributed by atoms with Gasteiger partial charge in [-0.05, 0) is 25.2 Å². The summed E-state index contributed by atoms with van der Waals surface area (Å²) in [5, 5.41) is 21.2. The predicted octanol–water partition coefficient (Wildman–Crippen LogP) is 2.54. The molecular formula is C16H15N5O3S. The normalized spacial score (nSPS) is 13.7. The number of hydrogen-bond acceptors (Lipinski definition) is 7. The molecule has 2 heterocycles. The van der Waals surface area contributed by atoms with Gasteiger partial charge in [-0.1, -0.05) is 17.8 Å². The van der Waals surface area contributed by atoms with Crippen molar-refractivity contribution in [2.24, 2.45) is 0 Å². The van der Waals surface area contributed by atoms with Crippen LogP contribution in [-0.2, 0) is 0 Å². The van der Waals surface area contributed by atoms with Crippen molar-refractivity contribution in [1.29, 1.82) is 5.26 Å². The maximum absolute atomic E-state index is 12.0. The van der Waals surface area contributed by atoms with E-state index in [0.29, 0.717) is 16.4 Å². The summed E-state index contributed by atoms with van der Waals surface area (Å²) in [4.78, 5) is 31.9. The maximum atomic E-state index is 12.0. The van der Waals surface area contributed by atoms with E-state index in [1.54, 1.807) is 18.4 Å². The quantitative estimate of drug-likeness (QED) is 0.387. The van der Waals surface area contributed by atoms with Gasteiger partial charge in [0.2, 0.25) is 0 Å². The Morgan fingerprint density at radius 1 is 1.40 bits per heavy atom. The van der Waals surface area contributed by atoms with Crippen molar-refractivity contribution >= 4 is 23.1 Å². The highest BCUT2D eigenvalue weighted by Gasteiger charge is 2.24. The summed E-state index contributed by atoms with van der Waals surface area (Å²) in [7, 11) is 0. The molecule has 2 aromatic rings. The van der Waals surface area contributed by atoms with Crippen molar-refractivity contribution < 1.29 is 4.92 Å². The van der Waals surface area contributed by atoms with E-state index in [-0.39, 0.29) is 16.9 Å². The molecule has 128 valence electrons. The highest BCUT2D eigenvalue weighted by molar-refractivity contribution is 7.98. The second kappa shape index (κ2) is 6.94. The Morgan fingerprint density at radius 3 is 2.72 bits per heavy atom. The van der Waals surface area contributed by atoms with Gasteiger partial charge in [0.15, 0.2) is 5.16 Å².